The number of piperazine rings is 1. The Kier molecular flexibility index (Phi) is 13.4. The zero-order valence-corrected chi connectivity index (χ0v) is 31.5. The van der Waals surface area contributed by atoms with Crippen molar-refractivity contribution in [3.63, 3.8) is 0 Å². The Bertz CT molecular complexity index is 2000. The maximum atomic E-state index is 13.9. The van der Waals surface area contributed by atoms with Crippen LogP contribution >= 0.6 is 0 Å². The number of nitrogens with zero attached hydrogens (tertiary/aromatic N) is 3. The normalized spacial score (nSPS) is 16.3. The van der Waals surface area contributed by atoms with Crippen LogP contribution in [-0.2, 0) is 17.8 Å². The number of piperidine rings is 1. The zero-order valence-electron chi connectivity index (χ0n) is 31.5. The number of alkyl halides is 5. The molecule has 0 aliphatic carbocycles. The SMILES string of the molecule is COc1ccc(CN2CCC(F)(F)CC2)c(OC)c1-c1cccc2c(CCC(=O)O)cccc12.Cc1cc(N2CCN(CC(F)(F)F)CC2)cc(F)c1C(N)=O. The Hall–Kier alpha value is -5.02. The summed E-state index contributed by atoms with van der Waals surface area (Å²) in [4.78, 5) is 27.4. The average Bonchev–Trinajstić information content (AvgIpc) is 3.13. The molecule has 1 amide bonds. The molecule has 4 aromatic rings. The third kappa shape index (κ3) is 10.4. The van der Waals surface area contributed by atoms with Gasteiger partial charge in [-0.05, 0) is 59.0 Å². The van der Waals surface area contributed by atoms with Crippen LogP contribution in [0.25, 0.3) is 21.9 Å². The van der Waals surface area contributed by atoms with Gasteiger partial charge in [-0.1, -0.05) is 42.5 Å². The number of nitrogens with two attached hydrogens (primary N) is 1. The van der Waals surface area contributed by atoms with Crippen LogP contribution in [-0.4, -0.2) is 98.9 Å². The van der Waals surface area contributed by atoms with Gasteiger partial charge in [0.2, 0.25) is 0 Å². The lowest BCUT2D eigenvalue weighted by atomic mass is 9.92. The second-order valence-electron chi connectivity index (χ2n) is 14.0. The molecule has 9 nitrogen and oxygen atoms in total. The number of ether oxygens (including phenoxy) is 2. The van der Waals surface area contributed by atoms with Gasteiger partial charge in [0.1, 0.15) is 17.3 Å². The number of rotatable bonds is 11. The summed E-state index contributed by atoms with van der Waals surface area (Å²) in [6, 6.07) is 18.5. The third-order valence-corrected chi connectivity index (χ3v) is 10.2. The number of benzene rings is 4. The van der Waals surface area contributed by atoms with Crippen LogP contribution in [0.4, 0.5) is 32.0 Å². The molecule has 0 spiro atoms. The number of anilines is 1. The first-order chi connectivity index (χ1) is 26.5. The summed E-state index contributed by atoms with van der Waals surface area (Å²) < 4.78 is 89.8. The number of aryl methyl sites for hydroxylation is 2. The number of primary amides is 1. The van der Waals surface area contributed by atoms with E-state index < -0.39 is 36.3 Å². The Morgan fingerprint density at radius 2 is 1.52 bits per heavy atom. The van der Waals surface area contributed by atoms with Crippen LogP contribution in [0.3, 0.4) is 0 Å². The molecular weight excluding hydrogens is 742 g/mol. The molecule has 6 rings (SSSR count). The molecular formula is C41H46F6N4O5. The Morgan fingerprint density at radius 3 is 2.11 bits per heavy atom. The first kappa shape index (κ1) is 42.1. The number of hydrogen-bond donors (Lipinski definition) is 2. The fraction of sp³-hybridized carbons (Fsp3) is 0.415. The molecule has 3 N–H and O–H groups in total. The number of likely N-dealkylation sites (tertiary alicyclic amines) is 1. The maximum absolute atomic E-state index is 13.9. The number of fused-ring (bicyclic) bond motifs is 1. The van der Waals surface area contributed by atoms with Crippen molar-refractivity contribution in [2.75, 3.05) is 64.9 Å². The lowest BCUT2D eigenvalue weighted by molar-refractivity contribution is -0.146. The Morgan fingerprint density at radius 1 is 0.857 bits per heavy atom. The van der Waals surface area contributed by atoms with E-state index in [0.29, 0.717) is 61.9 Å². The minimum atomic E-state index is -4.21. The number of aliphatic carboxylic acids is 1. The van der Waals surface area contributed by atoms with Crippen molar-refractivity contribution in [1.82, 2.24) is 9.80 Å². The highest BCUT2D eigenvalue weighted by Crippen LogP contribution is 2.45. The molecule has 0 saturated carbocycles. The van der Waals surface area contributed by atoms with Gasteiger partial charge >= 0.3 is 12.1 Å². The lowest BCUT2D eigenvalue weighted by Crippen LogP contribution is -2.49. The molecule has 2 saturated heterocycles. The Labute approximate surface area is 321 Å². The van der Waals surface area contributed by atoms with Crippen LogP contribution in [0.1, 0.15) is 46.3 Å². The summed E-state index contributed by atoms with van der Waals surface area (Å²) in [5.41, 5.74) is 9.50. The summed E-state index contributed by atoms with van der Waals surface area (Å²) in [7, 11) is 3.21. The highest BCUT2D eigenvalue weighted by atomic mass is 19.4. The molecule has 0 atom stereocenters. The number of carbonyl (C=O) groups excluding carboxylic acids is 1. The maximum Gasteiger partial charge on any atom is 0.401 e. The van der Waals surface area contributed by atoms with Crippen molar-refractivity contribution in [3.8, 4) is 22.6 Å². The van der Waals surface area contributed by atoms with E-state index >= 15 is 0 Å². The van der Waals surface area contributed by atoms with Crippen LogP contribution in [0, 0.1) is 12.7 Å². The fourth-order valence-corrected chi connectivity index (χ4v) is 7.36. The van der Waals surface area contributed by atoms with E-state index in [1.54, 1.807) is 32.1 Å². The number of halogens is 6. The topological polar surface area (TPSA) is 109 Å². The predicted molar refractivity (Wildman–Crippen MR) is 202 cm³/mol. The van der Waals surface area contributed by atoms with E-state index in [-0.39, 0.29) is 37.9 Å². The van der Waals surface area contributed by atoms with Crippen LogP contribution in [0.5, 0.6) is 11.5 Å². The fourth-order valence-electron chi connectivity index (χ4n) is 7.36. The van der Waals surface area contributed by atoms with E-state index in [1.807, 2.05) is 53.4 Å². The average molecular weight is 789 g/mol. The van der Waals surface area contributed by atoms with Gasteiger partial charge in [-0.3, -0.25) is 19.4 Å². The number of carboxylic acids is 1. The van der Waals surface area contributed by atoms with Crippen LogP contribution < -0.4 is 20.1 Å². The van der Waals surface area contributed by atoms with Crippen molar-refractivity contribution in [3.05, 3.63) is 88.7 Å². The van der Waals surface area contributed by atoms with E-state index in [4.69, 9.17) is 20.3 Å². The molecule has 15 heteroatoms. The number of carbonyl (C=O) groups is 2. The van der Waals surface area contributed by atoms with E-state index in [9.17, 15) is 35.9 Å². The molecule has 2 aliphatic rings. The monoisotopic (exact) mass is 788 g/mol. The third-order valence-electron chi connectivity index (χ3n) is 10.2. The minimum absolute atomic E-state index is 0.0559. The van der Waals surface area contributed by atoms with Gasteiger partial charge in [-0.25, -0.2) is 13.2 Å². The zero-order chi connectivity index (χ0) is 40.8. The summed E-state index contributed by atoms with van der Waals surface area (Å²) in [5.74, 6) is -3.67. The van der Waals surface area contributed by atoms with Crippen molar-refractivity contribution in [1.29, 1.82) is 0 Å². The van der Waals surface area contributed by atoms with Gasteiger partial charge < -0.3 is 25.2 Å². The summed E-state index contributed by atoms with van der Waals surface area (Å²) in [6.45, 7) is 3.04. The minimum Gasteiger partial charge on any atom is -0.496 e. The molecule has 56 heavy (non-hydrogen) atoms. The smallest absolute Gasteiger partial charge is 0.401 e. The van der Waals surface area contributed by atoms with Gasteiger partial charge in [-0.2, -0.15) is 13.2 Å². The van der Waals surface area contributed by atoms with Crippen molar-refractivity contribution in [2.45, 2.75) is 51.3 Å². The molecule has 2 aliphatic heterocycles. The molecule has 2 fully saturated rings. The van der Waals surface area contributed by atoms with Crippen molar-refractivity contribution >= 4 is 28.3 Å². The Balaban J connectivity index is 0.000000236. The largest absolute Gasteiger partial charge is 0.496 e. The van der Waals surface area contributed by atoms with Gasteiger partial charge in [0.05, 0.1) is 31.9 Å². The highest BCUT2D eigenvalue weighted by molar-refractivity contribution is 6.01. The van der Waals surface area contributed by atoms with Gasteiger partial charge in [-0.15, -0.1) is 0 Å². The second kappa shape index (κ2) is 17.8. The van der Waals surface area contributed by atoms with Gasteiger partial charge in [0.15, 0.2) is 0 Å². The molecule has 4 aromatic carbocycles. The summed E-state index contributed by atoms with van der Waals surface area (Å²) >= 11 is 0. The van der Waals surface area contributed by atoms with Gasteiger partial charge in [0, 0.05) is 76.3 Å². The van der Waals surface area contributed by atoms with E-state index in [2.05, 4.69) is 0 Å². The molecule has 0 bridgehead atoms. The standard InChI is InChI=1S/C27H29F2NO4.C14H17F4N3O/c1-33-23-11-9-19(17-30-15-13-27(28,29)14-16-30)26(34-2)25(23)22-8-4-6-20-18(10-12-24(31)32)5-3-7-21(20)22;1-9-6-10(7-11(15)12(9)13(19)22)21-4-2-20(3-5-21)8-14(16,17)18/h3-9,11H,10,12-17H2,1-2H3,(H,31,32);6-7H,2-5,8H2,1H3,(H2,19,22). The number of methoxy groups -OCH3 is 2. The van der Waals surface area contributed by atoms with Crippen molar-refractivity contribution in [2.24, 2.45) is 5.73 Å². The first-order valence-electron chi connectivity index (χ1n) is 18.2. The second-order valence-corrected chi connectivity index (χ2v) is 14.0. The van der Waals surface area contributed by atoms with Crippen LogP contribution in [0.15, 0.2) is 60.7 Å². The quantitative estimate of drug-likeness (QED) is 0.149. The number of carboxylic acid groups (broad SMARTS) is 1. The van der Waals surface area contributed by atoms with E-state index in [0.717, 1.165) is 33.0 Å². The lowest BCUT2D eigenvalue weighted by Gasteiger charge is -2.36. The summed E-state index contributed by atoms with van der Waals surface area (Å²) in [6.07, 6.45) is -4.00. The number of hydrogen-bond acceptors (Lipinski definition) is 7. The molecule has 2 heterocycles. The predicted octanol–water partition coefficient (Wildman–Crippen LogP) is 7.69. The number of amides is 1. The molecule has 0 aromatic heterocycles. The molecule has 0 unspecified atom stereocenters. The summed E-state index contributed by atoms with van der Waals surface area (Å²) in [5, 5.41) is 11.1. The van der Waals surface area contributed by atoms with Gasteiger partial charge in [0.25, 0.3) is 11.8 Å². The first-order valence-corrected chi connectivity index (χ1v) is 18.2. The van der Waals surface area contributed by atoms with Crippen molar-refractivity contribution < 1.29 is 50.5 Å². The van der Waals surface area contributed by atoms with E-state index in [1.165, 1.54) is 11.0 Å². The molecule has 302 valence electrons. The highest BCUT2D eigenvalue weighted by Gasteiger charge is 2.35. The van der Waals surface area contributed by atoms with Crippen LogP contribution in [0.2, 0.25) is 0 Å². The molecule has 0 radical (unpaired) electrons.